The SMILES string of the molecule is COc1ccc(-c2nc(CCNC(=O)C(C)Oc3cc(C)c(Cl)c(C)c3)cs2)cc1. The fourth-order valence-electron chi connectivity index (χ4n) is 2.98. The molecule has 0 spiro atoms. The van der Waals surface area contributed by atoms with Crippen LogP contribution in [0.25, 0.3) is 10.6 Å². The zero-order valence-electron chi connectivity index (χ0n) is 17.5. The maximum Gasteiger partial charge on any atom is 0.260 e. The lowest BCUT2D eigenvalue weighted by Gasteiger charge is -2.16. The molecule has 0 aliphatic rings. The molecule has 0 saturated carbocycles. The van der Waals surface area contributed by atoms with Crippen molar-refractivity contribution in [2.24, 2.45) is 0 Å². The van der Waals surface area contributed by atoms with Gasteiger partial charge in [-0.2, -0.15) is 0 Å². The number of carbonyl (C=O) groups is 1. The smallest absolute Gasteiger partial charge is 0.260 e. The van der Waals surface area contributed by atoms with Crippen molar-refractivity contribution >= 4 is 28.8 Å². The Morgan fingerprint density at radius 2 is 1.83 bits per heavy atom. The third-order valence-electron chi connectivity index (χ3n) is 4.66. The normalized spacial score (nSPS) is 11.8. The third kappa shape index (κ3) is 5.52. The van der Waals surface area contributed by atoms with Gasteiger partial charge in [-0.15, -0.1) is 11.3 Å². The van der Waals surface area contributed by atoms with E-state index in [1.54, 1.807) is 25.4 Å². The highest BCUT2D eigenvalue weighted by Crippen LogP contribution is 2.27. The van der Waals surface area contributed by atoms with Gasteiger partial charge in [0.2, 0.25) is 0 Å². The Hall–Kier alpha value is -2.57. The van der Waals surface area contributed by atoms with E-state index in [1.807, 2.05) is 55.6 Å². The summed E-state index contributed by atoms with van der Waals surface area (Å²) in [7, 11) is 1.65. The standard InChI is InChI=1S/C23H25ClN2O3S/c1-14-11-20(12-15(2)21(14)24)29-16(3)22(27)25-10-9-18-13-30-23(26-18)17-5-7-19(28-4)8-6-17/h5-8,11-13,16H,9-10H2,1-4H3,(H,25,27). The summed E-state index contributed by atoms with van der Waals surface area (Å²) >= 11 is 7.77. The van der Waals surface area contributed by atoms with Crippen molar-refractivity contribution in [3.8, 4) is 22.1 Å². The van der Waals surface area contributed by atoms with Gasteiger partial charge in [0.1, 0.15) is 16.5 Å². The van der Waals surface area contributed by atoms with E-state index in [2.05, 4.69) is 10.3 Å². The van der Waals surface area contributed by atoms with E-state index in [1.165, 1.54) is 0 Å². The summed E-state index contributed by atoms with van der Waals surface area (Å²) in [5.41, 5.74) is 3.85. The molecule has 3 rings (SSSR count). The quantitative estimate of drug-likeness (QED) is 0.517. The predicted molar refractivity (Wildman–Crippen MR) is 122 cm³/mol. The molecule has 0 saturated heterocycles. The minimum Gasteiger partial charge on any atom is -0.497 e. The molecule has 7 heteroatoms. The molecule has 1 unspecified atom stereocenters. The number of hydrogen-bond acceptors (Lipinski definition) is 5. The van der Waals surface area contributed by atoms with Gasteiger partial charge in [-0.3, -0.25) is 4.79 Å². The molecule has 1 heterocycles. The van der Waals surface area contributed by atoms with Gasteiger partial charge < -0.3 is 14.8 Å². The van der Waals surface area contributed by atoms with Crippen molar-refractivity contribution in [1.29, 1.82) is 0 Å². The van der Waals surface area contributed by atoms with Crippen LogP contribution in [0, 0.1) is 13.8 Å². The molecule has 5 nitrogen and oxygen atoms in total. The van der Waals surface area contributed by atoms with E-state index < -0.39 is 6.10 Å². The molecule has 158 valence electrons. The van der Waals surface area contributed by atoms with Gasteiger partial charge >= 0.3 is 0 Å². The van der Waals surface area contributed by atoms with Crippen LogP contribution in [0.1, 0.15) is 23.7 Å². The molecule has 3 aromatic rings. The number of hydrogen-bond donors (Lipinski definition) is 1. The Labute approximate surface area is 186 Å². The Morgan fingerprint density at radius 3 is 2.47 bits per heavy atom. The summed E-state index contributed by atoms with van der Waals surface area (Å²) in [6, 6.07) is 11.5. The molecule has 0 aliphatic heterocycles. The van der Waals surface area contributed by atoms with Gasteiger partial charge in [0.25, 0.3) is 5.91 Å². The molecule has 0 aliphatic carbocycles. The van der Waals surface area contributed by atoms with Crippen molar-refractivity contribution in [3.05, 3.63) is 63.6 Å². The van der Waals surface area contributed by atoms with Crippen LogP contribution in [0.15, 0.2) is 41.8 Å². The fourth-order valence-corrected chi connectivity index (χ4v) is 3.95. The number of aromatic nitrogens is 1. The molecule has 1 amide bonds. The van der Waals surface area contributed by atoms with Gasteiger partial charge in [-0.05, 0) is 68.3 Å². The number of amides is 1. The Bertz CT molecular complexity index is 995. The van der Waals surface area contributed by atoms with Crippen LogP contribution in [0.3, 0.4) is 0 Å². The minimum absolute atomic E-state index is 0.161. The fraction of sp³-hybridized carbons (Fsp3) is 0.304. The topological polar surface area (TPSA) is 60.5 Å². The number of halogens is 1. The number of benzene rings is 2. The van der Waals surface area contributed by atoms with Gasteiger partial charge in [0, 0.05) is 28.9 Å². The maximum atomic E-state index is 12.4. The molecule has 0 bridgehead atoms. The Morgan fingerprint density at radius 1 is 1.17 bits per heavy atom. The first-order chi connectivity index (χ1) is 14.4. The summed E-state index contributed by atoms with van der Waals surface area (Å²) in [6.07, 6.45) is 0.0554. The number of thiazole rings is 1. The van der Waals surface area contributed by atoms with Crippen molar-refractivity contribution in [3.63, 3.8) is 0 Å². The summed E-state index contributed by atoms with van der Waals surface area (Å²) in [5.74, 6) is 1.30. The lowest BCUT2D eigenvalue weighted by molar-refractivity contribution is -0.127. The van der Waals surface area contributed by atoms with Gasteiger partial charge in [0.05, 0.1) is 12.8 Å². The van der Waals surface area contributed by atoms with Crippen LogP contribution in [0.2, 0.25) is 5.02 Å². The van der Waals surface area contributed by atoms with Crippen molar-refractivity contribution in [1.82, 2.24) is 10.3 Å². The first kappa shape index (κ1) is 22.1. The zero-order valence-corrected chi connectivity index (χ0v) is 19.1. The summed E-state index contributed by atoms with van der Waals surface area (Å²) in [5, 5.41) is 6.60. The van der Waals surface area contributed by atoms with Crippen molar-refractivity contribution < 1.29 is 14.3 Å². The van der Waals surface area contributed by atoms with Crippen molar-refractivity contribution in [2.75, 3.05) is 13.7 Å². The molecule has 1 N–H and O–H groups in total. The highest BCUT2D eigenvalue weighted by atomic mass is 35.5. The Kier molecular flexibility index (Phi) is 7.34. The number of methoxy groups -OCH3 is 1. The molecule has 30 heavy (non-hydrogen) atoms. The average Bonchev–Trinajstić information content (AvgIpc) is 3.20. The molecule has 0 radical (unpaired) electrons. The van der Waals surface area contributed by atoms with Crippen LogP contribution < -0.4 is 14.8 Å². The number of ether oxygens (including phenoxy) is 2. The van der Waals surface area contributed by atoms with E-state index in [0.717, 1.165) is 38.2 Å². The average molecular weight is 445 g/mol. The van der Waals surface area contributed by atoms with Crippen LogP contribution in [0.5, 0.6) is 11.5 Å². The second-order valence-electron chi connectivity index (χ2n) is 7.04. The number of carbonyl (C=O) groups excluding carboxylic acids is 1. The zero-order chi connectivity index (χ0) is 21.7. The number of nitrogens with zero attached hydrogens (tertiary/aromatic N) is 1. The van der Waals surface area contributed by atoms with E-state index in [-0.39, 0.29) is 5.91 Å². The monoisotopic (exact) mass is 444 g/mol. The summed E-state index contributed by atoms with van der Waals surface area (Å²) < 4.78 is 11.0. The van der Waals surface area contributed by atoms with Crippen molar-refractivity contribution in [2.45, 2.75) is 33.3 Å². The first-order valence-electron chi connectivity index (χ1n) is 9.67. The molecular formula is C23H25ClN2O3S. The number of nitrogens with one attached hydrogen (secondary N) is 1. The minimum atomic E-state index is -0.602. The maximum absolute atomic E-state index is 12.4. The summed E-state index contributed by atoms with van der Waals surface area (Å²) in [4.78, 5) is 17.0. The predicted octanol–water partition coefficient (Wildman–Crippen LogP) is 5.22. The van der Waals surface area contributed by atoms with Gasteiger partial charge in [-0.25, -0.2) is 4.98 Å². The van der Waals surface area contributed by atoms with E-state index >= 15 is 0 Å². The van der Waals surface area contributed by atoms with E-state index in [4.69, 9.17) is 21.1 Å². The van der Waals surface area contributed by atoms with Gasteiger partial charge in [-0.1, -0.05) is 11.6 Å². The highest BCUT2D eigenvalue weighted by Gasteiger charge is 2.15. The van der Waals surface area contributed by atoms with E-state index in [9.17, 15) is 4.79 Å². The number of rotatable bonds is 8. The second-order valence-corrected chi connectivity index (χ2v) is 8.28. The lowest BCUT2D eigenvalue weighted by Crippen LogP contribution is -2.37. The molecule has 2 aromatic carbocycles. The highest BCUT2D eigenvalue weighted by molar-refractivity contribution is 7.13. The van der Waals surface area contributed by atoms with Crippen LogP contribution in [-0.4, -0.2) is 30.6 Å². The van der Waals surface area contributed by atoms with Crippen LogP contribution >= 0.6 is 22.9 Å². The number of aryl methyl sites for hydroxylation is 2. The molecule has 1 atom stereocenters. The summed E-state index contributed by atoms with van der Waals surface area (Å²) in [6.45, 7) is 6.07. The third-order valence-corrected chi connectivity index (χ3v) is 6.20. The lowest BCUT2D eigenvalue weighted by atomic mass is 10.1. The molecule has 1 aromatic heterocycles. The first-order valence-corrected chi connectivity index (χ1v) is 10.9. The largest absolute Gasteiger partial charge is 0.497 e. The molecular weight excluding hydrogens is 420 g/mol. The van der Waals surface area contributed by atoms with Crippen LogP contribution in [0.4, 0.5) is 0 Å². The van der Waals surface area contributed by atoms with Crippen LogP contribution in [-0.2, 0) is 11.2 Å². The van der Waals surface area contributed by atoms with Gasteiger partial charge in [0.15, 0.2) is 6.10 Å². The van der Waals surface area contributed by atoms with E-state index in [0.29, 0.717) is 18.7 Å². The molecule has 0 fully saturated rings. The Balaban J connectivity index is 1.50. The second kappa shape index (κ2) is 9.96.